The number of carbonyl (C=O) groups excluding carboxylic acids is 2. The Morgan fingerprint density at radius 3 is 2.25 bits per heavy atom. The maximum Gasteiger partial charge on any atom is 0.329 e. The lowest BCUT2D eigenvalue weighted by atomic mass is 10.0. The van der Waals surface area contributed by atoms with Crippen molar-refractivity contribution in [2.45, 2.75) is 26.5 Å². The van der Waals surface area contributed by atoms with E-state index >= 15 is 0 Å². The van der Waals surface area contributed by atoms with E-state index < -0.39 is 12.0 Å². The Hall–Kier alpha value is -2.82. The quantitative estimate of drug-likeness (QED) is 0.632. The molecule has 0 aromatic heterocycles. The number of nitrogens with one attached hydrogen (secondary N) is 1. The number of esters is 1. The molecule has 0 aliphatic carbocycles. The molecule has 1 unspecified atom stereocenters. The van der Waals surface area contributed by atoms with Crippen molar-refractivity contribution in [3.8, 4) is 0 Å². The first kappa shape index (κ1) is 17.5. The van der Waals surface area contributed by atoms with Crippen LogP contribution >= 0.6 is 0 Å². The lowest BCUT2D eigenvalue weighted by Crippen LogP contribution is -2.45. The number of anilines is 1. The minimum Gasteiger partial charge on any atom is -0.459 e. The highest BCUT2D eigenvalue weighted by molar-refractivity contribution is 5.97. The summed E-state index contributed by atoms with van der Waals surface area (Å²) in [6, 6.07) is 15.2. The lowest BCUT2D eigenvalue weighted by molar-refractivity contribution is -0.148. The van der Waals surface area contributed by atoms with Crippen LogP contribution in [0.25, 0.3) is 0 Å². The molecule has 5 heteroatoms. The Labute approximate surface area is 141 Å². The van der Waals surface area contributed by atoms with Gasteiger partial charge in [0.05, 0.1) is 0 Å². The molecule has 2 rings (SSSR count). The van der Waals surface area contributed by atoms with Crippen molar-refractivity contribution in [2.75, 3.05) is 5.73 Å². The monoisotopic (exact) mass is 326 g/mol. The number of nitrogens with two attached hydrogens (primary N) is 1. The summed E-state index contributed by atoms with van der Waals surface area (Å²) in [6.07, 6.45) is 0. The maximum absolute atomic E-state index is 12.3. The number of carbonyl (C=O) groups is 2. The fraction of sp³-hybridized carbons (Fsp3) is 0.263. The van der Waals surface area contributed by atoms with Gasteiger partial charge in [-0.15, -0.1) is 0 Å². The first-order chi connectivity index (χ1) is 11.5. The third-order valence-corrected chi connectivity index (χ3v) is 3.60. The number of hydrogen-bond donors (Lipinski definition) is 2. The summed E-state index contributed by atoms with van der Waals surface area (Å²) in [7, 11) is 0. The maximum atomic E-state index is 12.3. The summed E-state index contributed by atoms with van der Waals surface area (Å²) < 4.78 is 5.33. The van der Waals surface area contributed by atoms with Gasteiger partial charge < -0.3 is 15.8 Å². The highest BCUT2D eigenvalue weighted by Gasteiger charge is 2.26. The van der Waals surface area contributed by atoms with Crippen LogP contribution in [0.1, 0.15) is 29.8 Å². The number of rotatable bonds is 6. The van der Waals surface area contributed by atoms with Gasteiger partial charge in [-0.1, -0.05) is 44.2 Å². The molecule has 24 heavy (non-hydrogen) atoms. The molecule has 1 atom stereocenters. The molecule has 1 amide bonds. The highest BCUT2D eigenvalue weighted by Crippen LogP contribution is 2.10. The smallest absolute Gasteiger partial charge is 0.329 e. The summed E-state index contributed by atoms with van der Waals surface area (Å²) >= 11 is 0. The molecule has 0 bridgehead atoms. The average Bonchev–Trinajstić information content (AvgIpc) is 2.58. The second-order valence-corrected chi connectivity index (χ2v) is 5.91. The summed E-state index contributed by atoms with van der Waals surface area (Å²) in [5.41, 5.74) is 7.54. The van der Waals surface area contributed by atoms with Crippen molar-refractivity contribution in [1.29, 1.82) is 0 Å². The van der Waals surface area contributed by atoms with Crippen LogP contribution in [0, 0.1) is 5.92 Å². The van der Waals surface area contributed by atoms with Gasteiger partial charge in [0.25, 0.3) is 5.91 Å². The molecule has 0 radical (unpaired) electrons. The number of hydrogen-bond acceptors (Lipinski definition) is 4. The number of amides is 1. The van der Waals surface area contributed by atoms with Gasteiger partial charge >= 0.3 is 5.97 Å². The van der Waals surface area contributed by atoms with Crippen LogP contribution in [0.2, 0.25) is 0 Å². The van der Waals surface area contributed by atoms with Gasteiger partial charge in [0.1, 0.15) is 12.6 Å². The number of ether oxygens (including phenoxy) is 1. The van der Waals surface area contributed by atoms with E-state index in [-0.39, 0.29) is 18.4 Å². The minimum absolute atomic E-state index is 0.0917. The van der Waals surface area contributed by atoms with Gasteiger partial charge in [0.2, 0.25) is 0 Å². The van der Waals surface area contributed by atoms with Crippen LogP contribution < -0.4 is 11.1 Å². The predicted molar refractivity (Wildman–Crippen MR) is 93.2 cm³/mol. The molecular weight excluding hydrogens is 304 g/mol. The molecule has 3 N–H and O–H groups in total. The Bertz CT molecular complexity index is 682. The third kappa shape index (κ3) is 4.84. The van der Waals surface area contributed by atoms with Crippen molar-refractivity contribution in [3.05, 3.63) is 65.7 Å². The van der Waals surface area contributed by atoms with Crippen LogP contribution in [0.15, 0.2) is 54.6 Å². The average molecular weight is 326 g/mol. The summed E-state index contributed by atoms with van der Waals surface area (Å²) in [6.45, 7) is 3.90. The molecule has 0 fully saturated rings. The Morgan fingerprint density at radius 2 is 1.67 bits per heavy atom. The fourth-order valence-corrected chi connectivity index (χ4v) is 2.18. The van der Waals surface area contributed by atoms with Crippen LogP contribution in [0.5, 0.6) is 0 Å². The zero-order chi connectivity index (χ0) is 17.5. The summed E-state index contributed by atoms with van der Waals surface area (Å²) in [4.78, 5) is 24.6. The van der Waals surface area contributed by atoms with Crippen LogP contribution in [-0.2, 0) is 16.1 Å². The lowest BCUT2D eigenvalue weighted by Gasteiger charge is -2.21. The van der Waals surface area contributed by atoms with E-state index in [1.54, 1.807) is 24.3 Å². The van der Waals surface area contributed by atoms with E-state index in [0.717, 1.165) is 5.56 Å². The largest absolute Gasteiger partial charge is 0.459 e. The molecule has 0 heterocycles. The number of benzene rings is 2. The van der Waals surface area contributed by atoms with Crippen LogP contribution in [0.3, 0.4) is 0 Å². The van der Waals surface area contributed by atoms with Crippen molar-refractivity contribution in [3.63, 3.8) is 0 Å². The van der Waals surface area contributed by atoms with E-state index in [2.05, 4.69) is 5.32 Å². The van der Waals surface area contributed by atoms with Crippen molar-refractivity contribution >= 4 is 17.6 Å². The Morgan fingerprint density at radius 1 is 1.04 bits per heavy atom. The first-order valence-corrected chi connectivity index (χ1v) is 7.84. The van der Waals surface area contributed by atoms with Crippen LogP contribution in [0.4, 0.5) is 5.69 Å². The second kappa shape index (κ2) is 8.15. The normalized spacial score (nSPS) is 11.8. The molecule has 2 aromatic rings. The molecule has 0 saturated carbocycles. The van der Waals surface area contributed by atoms with Crippen LogP contribution in [-0.4, -0.2) is 17.9 Å². The second-order valence-electron chi connectivity index (χ2n) is 5.91. The highest BCUT2D eigenvalue weighted by atomic mass is 16.5. The van der Waals surface area contributed by atoms with E-state index in [4.69, 9.17) is 10.5 Å². The molecule has 126 valence electrons. The molecule has 2 aromatic carbocycles. The third-order valence-electron chi connectivity index (χ3n) is 3.60. The van der Waals surface area contributed by atoms with Crippen molar-refractivity contribution < 1.29 is 14.3 Å². The van der Waals surface area contributed by atoms with E-state index in [0.29, 0.717) is 11.3 Å². The van der Waals surface area contributed by atoms with Gasteiger partial charge in [-0.05, 0) is 35.7 Å². The zero-order valence-electron chi connectivity index (χ0n) is 13.9. The minimum atomic E-state index is -0.709. The topological polar surface area (TPSA) is 81.4 Å². The van der Waals surface area contributed by atoms with Crippen molar-refractivity contribution in [1.82, 2.24) is 5.32 Å². The molecule has 0 aliphatic heterocycles. The number of nitrogen functional groups attached to an aromatic ring is 1. The van der Waals surface area contributed by atoms with Gasteiger partial charge in [-0.25, -0.2) is 4.79 Å². The Balaban J connectivity index is 1.99. The SMILES string of the molecule is CC(C)C(NC(=O)c1ccc(N)cc1)C(=O)OCc1ccccc1. The van der Waals surface area contributed by atoms with Gasteiger partial charge in [-0.3, -0.25) is 4.79 Å². The first-order valence-electron chi connectivity index (χ1n) is 7.84. The summed E-state index contributed by atoms with van der Waals surface area (Å²) in [5, 5.41) is 2.73. The van der Waals surface area contributed by atoms with Gasteiger partial charge in [-0.2, -0.15) is 0 Å². The van der Waals surface area contributed by atoms with E-state index in [9.17, 15) is 9.59 Å². The molecular formula is C19H22N2O3. The molecule has 0 spiro atoms. The van der Waals surface area contributed by atoms with E-state index in [1.807, 2.05) is 44.2 Å². The fourth-order valence-electron chi connectivity index (χ4n) is 2.18. The molecule has 0 saturated heterocycles. The van der Waals surface area contributed by atoms with Crippen molar-refractivity contribution in [2.24, 2.45) is 5.92 Å². The molecule has 5 nitrogen and oxygen atoms in total. The van der Waals surface area contributed by atoms with E-state index in [1.165, 1.54) is 0 Å². The predicted octanol–water partition coefficient (Wildman–Crippen LogP) is 2.77. The standard InChI is InChI=1S/C19H22N2O3/c1-13(2)17(19(23)24-12-14-6-4-3-5-7-14)21-18(22)15-8-10-16(20)11-9-15/h3-11,13,17H,12,20H2,1-2H3,(H,21,22). The Kier molecular flexibility index (Phi) is 5.95. The van der Waals surface area contributed by atoms with Gasteiger partial charge in [0.15, 0.2) is 0 Å². The molecule has 0 aliphatic rings. The zero-order valence-corrected chi connectivity index (χ0v) is 13.9. The van der Waals surface area contributed by atoms with Gasteiger partial charge in [0, 0.05) is 11.3 Å². The summed E-state index contributed by atoms with van der Waals surface area (Å²) in [5.74, 6) is -0.867.